The molecule has 0 bridgehead atoms. The van der Waals surface area contributed by atoms with Gasteiger partial charge in [0.05, 0.1) is 11.4 Å². The summed E-state index contributed by atoms with van der Waals surface area (Å²) < 4.78 is 5.14. The molecule has 1 aliphatic carbocycles. The van der Waals surface area contributed by atoms with Crippen LogP contribution in [0.4, 0.5) is 5.69 Å². The number of rotatable bonds is 4. The van der Waals surface area contributed by atoms with Gasteiger partial charge in [-0.2, -0.15) is 5.10 Å². The average molecular weight is 348 g/mol. The van der Waals surface area contributed by atoms with Crippen LogP contribution in [0.25, 0.3) is 0 Å². The van der Waals surface area contributed by atoms with Crippen LogP contribution in [0, 0.1) is 5.41 Å². The zero-order valence-corrected chi connectivity index (χ0v) is 13.0. The van der Waals surface area contributed by atoms with Gasteiger partial charge in [-0.1, -0.05) is 34.1 Å². The van der Waals surface area contributed by atoms with Gasteiger partial charge in [-0.15, -0.1) is 0 Å². The highest BCUT2D eigenvalue weighted by Crippen LogP contribution is 2.27. The second kappa shape index (κ2) is 6.99. The fraction of sp³-hybridized carbons (Fsp3) is 0.133. The Bertz CT molecular complexity index is 663. The SMILES string of the molecule is CC(=O)Oc1ccc(CBr)cc1N/N=C1/C=CC=CC1=N. The predicted octanol–water partition coefficient (Wildman–Crippen LogP) is 3.42. The standard InChI is InChI=1S/C15H14BrN3O2/c1-10(20)21-15-7-6-11(9-16)8-14(15)19-18-13-5-3-2-4-12(13)17/h2-8,17,19H,9H2,1H3/b17-12?,18-13-. The molecule has 1 aromatic carbocycles. The van der Waals surface area contributed by atoms with Crippen molar-refractivity contribution < 1.29 is 9.53 Å². The molecule has 5 nitrogen and oxygen atoms in total. The van der Waals surface area contributed by atoms with E-state index < -0.39 is 5.97 Å². The number of nitrogens with one attached hydrogen (secondary N) is 2. The highest BCUT2D eigenvalue weighted by atomic mass is 79.9. The first-order valence-electron chi connectivity index (χ1n) is 6.25. The number of hydrogen-bond acceptors (Lipinski definition) is 5. The number of anilines is 1. The maximum Gasteiger partial charge on any atom is 0.308 e. The first-order valence-corrected chi connectivity index (χ1v) is 7.37. The molecule has 0 saturated carbocycles. The van der Waals surface area contributed by atoms with Gasteiger partial charge < -0.3 is 4.74 Å². The number of allylic oxidation sites excluding steroid dienone is 4. The number of esters is 1. The molecule has 6 heteroatoms. The third-order valence-electron chi connectivity index (χ3n) is 2.65. The second-order valence-corrected chi connectivity index (χ2v) is 4.86. The molecule has 0 saturated heterocycles. The molecule has 1 aromatic rings. The molecular weight excluding hydrogens is 334 g/mol. The van der Waals surface area contributed by atoms with Gasteiger partial charge in [0.2, 0.25) is 0 Å². The topological polar surface area (TPSA) is 74.5 Å². The highest BCUT2D eigenvalue weighted by molar-refractivity contribution is 9.08. The van der Waals surface area contributed by atoms with Gasteiger partial charge in [-0.05, 0) is 29.8 Å². The van der Waals surface area contributed by atoms with Crippen molar-refractivity contribution in [1.29, 1.82) is 5.41 Å². The van der Waals surface area contributed by atoms with Crippen LogP contribution in [0.3, 0.4) is 0 Å². The number of hydrogen-bond donors (Lipinski definition) is 2. The summed E-state index contributed by atoms with van der Waals surface area (Å²) in [6.07, 6.45) is 6.97. The van der Waals surface area contributed by atoms with Crippen molar-refractivity contribution in [2.24, 2.45) is 5.10 Å². The molecule has 2 N–H and O–H groups in total. The Morgan fingerprint density at radius 2 is 2.14 bits per heavy atom. The van der Waals surface area contributed by atoms with Crippen LogP contribution >= 0.6 is 15.9 Å². The molecule has 0 atom stereocenters. The van der Waals surface area contributed by atoms with Crippen molar-refractivity contribution in [2.75, 3.05) is 5.43 Å². The molecule has 21 heavy (non-hydrogen) atoms. The lowest BCUT2D eigenvalue weighted by Gasteiger charge is -2.11. The molecule has 0 radical (unpaired) electrons. The van der Waals surface area contributed by atoms with Crippen LogP contribution in [0.5, 0.6) is 5.75 Å². The molecular formula is C15H14BrN3O2. The van der Waals surface area contributed by atoms with Crippen molar-refractivity contribution in [1.82, 2.24) is 0 Å². The number of alkyl halides is 1. The van der Waals surface area contributed by atoms with E-state index >= 15 is 0 Å². The fourth-order valence-corrected chi connectivity index (χ4v) is 2.03. The lowest BCUT2D eigenvalue weighted by atomic mass is 10.1. The van der Waals surface area contributed by atoms with E-state index in [-0.39, 0.29) is 0 Å². The van der Waals surface area contributed by atoms with Crippen molar-refractivity contribution in [3.8, 4) is 5.75 Å². The van der Waals surface area contributed by atoms with Crippen LogP contribution < -0.4 is 10.2 Å². The van der Waals surface area contributed by atoms with Gasteiger partial charge in [0.25, 0.3) is 0 Å². The summed E-state index contributed by atoms with van der Waals surface area (Å²) in [5.41, 5.74) is 5.27. The predicted molar refractivity (Wildman–Crippen MR) is 87.4 cm³/mol. The van der Waals surface area contributed by atoms with E-state index in [0.717, 1.165) is 5.56 Å². The van der Waals surface area contributed by atoms with Gasteiger partial charge >= 0.3 is 5.97 Å². The van der Waals surface area contributed by atoms with E-state index in [0.29, 0.717) is 28.2 Å². The number of hydrazone groups is 1. The van der Waals surface area contributed by atoms with E-state index in [1.54, 1.807) is 30.4 Å². The van der Waals surface area contributed by atoms with E-state index in [2.05, 4.69) is 26.5 Å². The lowest BCUT2D eigenvalue weighted by Crippen LogP contribution is -2.12. The summed E-state index contributed by atoms with van der Waals surface area (Å²) in [6, 6.07) is 5.40. The lowest BCUT2D eigenvalue weighted by molar-refractivity contribution is -0.131. The Balaban J connectivity index is 2.26. The van der Waals surface area contributed by atoms with Crippen LogP contribution in [-0.2, 0) is 10.1 Å². The molecule has 0 fully saturated rings. The molecule has 0 amide bonds. The normalized spacial score (nSPS) is 15.3. The van der Waals surface area contributed by atoms with Crippen molar-refractivity contribution in [2.45, 2.75) is 12.3 Å². The Morgan fingerprint density at radius 1 is 1.38 bits per heavy atom. The maximum absolute atomic E-state index is 11.1. The molecule has 2 rings (SSSR count). The molecule has 0 unspecified atom stereocenters. The molecule has 0 heterocycles. The summed E-state index contributed by atoms with van der Waals surface area (Å²) in [5, 5.41) is 12.6. The molecule has 108 valence electrons. The number of benzene rings is 1. The first kappa shape index (κ1) is 15.2. The number of carbonyl (C=O) groups is 1. The van der Waals surface area contributed by atoms with E-state index in [1.165, 1.54) is 6.92 Å². The maximum atomic E-state index is 11.1. The summed E-state index contributed by atoms with van der Waals surface area (Å²) in [4.78, 5) is 11.1. The van der Waals surface area contributed by atoms with Crippen LogP contribution in [0.15, 0.2) is 47.6 Å². The second-order valence-electron chi connectivity index (χ2n) is 4.30. The Morgan fingerprint density at radius 3 is 2.81 bits per heavy atom. The van der Waals surface area contributed by atoms with Gasteiger partial charge in [0.1, 0.15) is 5.71 Å². The largest absolute Gasteiger partial charge is 0.424 e. The van der Waals surface area contributed by atoms with Crippen molar-refractivity contribution in [3.05, 3.63) is 48.1 Å². The number of ether oxygens (including phenoxy) is 1. The summed E-state index contributed by atoms with van der Waals surface area (Å²) >= 11 is 3.38. The monoisotopic (exact) mass is 347 g/mol. The summed E-state index contributed by atoms with van der Waals surface area (Å²) in [7, 11) is 0. The smallest absolute Gasteiger partial charge is 0.308 e. The average Bonchev–Trinajstić information content (AvgIpc) is 2.47. The quantitative estimate of drug-likeness (QED) is 0.288. The van der Waals surface area contributed by atoms with Gasteiger partial charge in [0.15, 0.2) is 5.75 Å². The minimum Gasteiger partial charge on any atom is -0.424 e. The van der Waals surface area contributed by atoms with Crippen molar-refractivity contribution >= 4 is 39.0 Å². The van der Waals surface area contributed by atoms with Crippen LogP contribution in [0.2, 0.25) is 0 Å². The van der Waals surface area contributed by atoms with Gasteiger partial charge in [0, 0.05) is 12.3 Å². The summed E-state index contributed by atoms with van der Waals surface area (Å²) in [5.74, 6) is 0.00365. The zero-order chi connectivity index (χ0) is 15.2. The van der Waals surface area contributed by atoms with E-state index in [1.807, 2.05) is 12.1 Å². The zero-order valence-electron chi connectivity index (χ0n) is 11.4. The van der Waals surface area contributed by atoms with Gasteiger partial charge in [-0.3, -0.25) is 15.6 Å². The molecule has 0 aliphatic heterocycles. The van der Waals surface area contributed by atoms with E-state index in [4.69, 9.17) is 10.1 Å². The van der Waals surface area contributed by atoms with Crippen LogP contribution in [0.1, 0.15) is 12.5 Å². The third-order valence-corrected chi connectivity index (χ3v) is 3.30. The first-order chi connectivity index (χ1) is 10.1. The Labute approximate surface area is 131 Å². The third kappa shape index (κ3) is 4.13. The molecule has 0 aromatic heterocycles. The van der Waals surface area contributed by atoms with Gasteiger partial charge in [-0.25, -0.2) is 0 Å². The fourth-order valence-electron chi connectivity index (χ4n) is 1.68. The Kier molecular flexibility index (Phi) is 5.05. The minimum absolute atomic E-state index is 0.315. The number of halogens is 1. The number of carbonyl (C=O) groups excluding carboxylic acids is 1. The van der Waals surface area contributed by atoms with Crippen molar-refractivity contribution in [3.63, 3.8) is 0 Å². The Hall–Kier alpha value is -2.21. The van der Waals surface area contributed by atoms with E-state index in [9.17, 15) is 4.79 Å². The summed E-state index contributed by atoms with van der Waals surface area (Å²) in [6.45, 7) is 1.35. The molecule has 1 aliphatic rings. The highest BCUT2D eigenvalue weighted by Gasteiger charge is 2.08. The molecule has 0 spiro atoms. The number of nitrogens with zero attached hydrogens (tertiary/aromatic N) is 1. The minimum atomic E-state index is -0.398. The van der Waals surface area contributed by atoms with Crippen LogP contribution in [-0.4, -0.2) is 17.4 Å².